The molecule has 3 nitrogen and oxygen atoms in total. The minimum absolute atomic E-state index is 0.0152. The van der Waals surface area contributed by atoms with Crippen LogP contribution in [0.15, 0.2) is 47.4 Å². The molecule has 0 saturated carbocycles. The Balaban J connectivity index is 2.45. The van der Waals surface area contributed by atoms with Gasteiger partial charge < -0.3 is 0 Å². The summed E-state index contributed by atoms with van der Waals surface area (Å²) in [7, 11) is -3.39. The predicted molar refractivity (Wildman–Crippen MR) is 69.3 cm³/mol. The summed E-state index contributed by atoms with van der Waals surface area (Å²) < 4.78 is 49.6. The molecule has 2 aromatic rings. The maximum absolute atomic E-state index is 13.5. The average Bonchev–Trinajstić information content (AvgIpc) is 2.37. The molecule has 0 heterocycles. The molecule has 0 aliphatic carbocycles. The number of sulfone groups is 1. The van der Waals surface area contributed by atoms with Crippen LogP contribution in [-0.2, 0) is 9.84 Å². The monoisotopic (exact) mass is 296 g/mol. The van der Waals surface area contributed by atoms with Crippen LogP contribution in [0.5, 0.6) is 0 Å². The van der Waals surface area contributed by atoms with Crippen LogP contribution in [0.3, 0.4) is 0 Å². The molecule has 2 aromatic carbocycles. The standard InChI is InChI=1S/C14H10F2O3S/c1-20(18,19)10-7-5-9(6-8-10)14(17)13-11(15)3-2-4-12(13)16/h2-8H,1H3. The number of halogens is 2. The van der Waals surface area contributed by atoms with E-state index >= 15 is 0 Å². The van der Waals surface area contributed by atoms with E-state index in [1.807, 2.05) is 0 Å². The molecule has 0 radical (unpaired) electrons. The third-order valence-corrected chi connectivity index (χ3v) is 3.86. The lowest BCUT2D eigenvalue weighted by Crippen LogP contribution is -2.08. The van der Waals surface area contributed by atoms with E-state index in [0.717, 1.165) is 24.5 Å². The molecule has 104 valence electrons. The maximum atomic E-state index is 13.5. The fourth-order valence-electron chi connectivity index (χ4n) is 1.71. The second-order valence-electron chi connectivity index (χ2n) is 4.22. The Bertz CT molecular complexity index is 745. The van der Waals surface area contributed by atoms with Crippen LogP contribution in [0.25, 0.3) is 0 Å². The first-order valence-electron chi connectivity index (χ1n) is 5.59. The third-order valence-electron chi connectivity index (χ3n) is 2.73. The lowest BCUT2D eigenvalue weighted by atomic mass is 10.0. The molecule has 20 heavy (non-hydrogen) atoms. The quantitative estimate of drug-likeness (QED) is 0.818. The van der Waals surface area contributed by atoms with Crippen LogP contribution in [0.1, 0.15) is 15.9 Å². The van der Waals surface area contributed by atoms with Gasteiger partial charge in [0, 0.05) is 11.8 Å². The van der Waals surface area contributed by atoms with Gasteiger partial charge in [-0.1, -0.05) is 6.07 Å². The van der Waals surface area contributed by atoms with Crippen LogP contribution in [0.2, 0.25) is 0 Å². The first-order chi connectivity index (χ1) is 9.30. The molecule has 0 spiro atoms. The van der Waals surface area contributed by atoms with E-state index in [0.29, 0.717) is 0 Å². The number of carbonyl (C=O) groups is 1. The highest BCUT2D eigenvalue weighted by molar-refractivity contribution is 7.90. The largest absolute Gasteiger partial charge is 0.288 e. The van der Waals surface area contributed by atoms with E-state index in [-0.39, 0.29) is 10.5 Å². The van der Waals surface area contributed by atoms with Gasteiger partial charge in [-0.3, -0.25) is 4.79 Å². The van der Waals surface area contributed by atoms with Crippen LogP contribution in [-0.4, -0.2) is 20.5 Å². The van der Waals surface area contributed by atoms with E-state index in [4.69, 9.17) is 0 Å². The van der Waals surface area contributed by atoms with Gasteiger partial charge in [-0.05, 0) is 36.4 Å². The summed E-state index contributed by atoms with van der Waals surface area (Å²) in [5.74, 6) is -2.75. The maximum Gasteiger partial charge on any atom is 0.198 e. The molecule has 0 aromatic heterocycles. The Morgan fingerprint density at radius 3 is 1.90 bits per heavy atom. The summed E-state index contributed by atoms with van der Waals surface area (Å²) in [6.07, 6.45) is 1.03. The fourth-order valence-corrected chi connectivity index (χ4v) is 2.34. The highest BCUT2D eigenvalue weighted by Crippen LogP contribution is 2.18. The molecule has 2 rings (SSSR count). The number of ketones is 1. The summed E-state index contributed by atoms with van der Waals surface area (Å²) in [5, 5.41) is 0. The number of rotatable bonds is 3. The number of hydrogen-bond donors (Lipinski definition) is 0. The van der Waals surface area contributed by atoms with Crippen molar-refractivity contribution in [3.63, 3.8) is 0 Å². The van der Waals surface area contributed by atoms with Crippen molar-refractivity contribution >= 4 is 15.6 Å². The summed E-state index contributed by atoms with van der Waals surface area (Å²) in [5.41, 5.74) is -0.638. The second-order valence-corrected chi connectivity index (χ2v) is 6.24. The van der Waals surface area contributed by atoms with Crippen molar-refractivity contribution in [3.8, 4) is 0 Å². The van der Waals surface area contributed by atoms with E-state index in [1.54, 1.807) is 0 Å². The van der Waals surface area contributed by atoms with Crippen molar-refractivity contribution in [1.82, 2.24) is 0 Å². The molecular formula is C14H10F2O3S. The molecule has 0 amide bonds. The van der Waals surface area contributed by atoms with E-state index < -0.39 is 32.8 Å². The van der Waals surface area contributed by atoms with Gasteiger partial charge in [0.2, 0.25) is 0 Å². The molecule has 0 saturated heterocycles. The number of carbonyl (C=O) groups excluding carboxylic acids is 1. The van der Waals surface area contributed by atoms with Gasteiger partial charge in [-0.2, -0.15) is 0 Å². The minimum atomic E-state index is -3.39. The van der Waals surface area contributed by atoms with Crippen LogP contribution < -0.4 is 0 Å². The molecular weight excluding hydrogens is 286 g/mol. The Kier molecular flexibility index (Phi) is 3.67. The van der Waals surface area contributed by atoms with E-state index in [9.17, 15) is 22.0 Å². The highest BCUT2D eigenvalue weighted by atomic mass is 32.2. The van der Waals surface area contributed by atoms with Crippen LogP contribution in [0.4, 0.5) is 8.78 Å². The zero-order chi connectivity index (χ0) is 14.9. The van der Waals surface area contributed by atoms with Gasteiger partial charge in [0.25, 0.3) is 0 Å². The number of hydrogen-bond acceptors (Lipinski definition) is 3. The zero-order valence-electron chi connectivity index (χ0n) is 10.4. The van der Waals surface area contributed by atoms with Crippen molar-refractivity contribution in [1.29, 1.82) is 0 Å². The third kappa shape index (κ3) is 2.75. The topological polar surface area (TPSA) is 51.2 Å². The molecule has 0 aliphatic rings. The normalized spacial score (nSPS) is 11.3. The minimum Gasteiger partial charge on any atom is -0.288 e. The summed E-state index contributed by atoms with van der Waals surface area (Å²) in [6.45, 7) is 0. The van der Waals surface area contributed by atoms with Gasteiger partial charge in [0.15, 0.2) is 15.6 Å². The fraction of sp³-hybridized carbons (Fsp3) is 0.0714. The molecule has 0 bridgehead atoms. The summed E-state index contributed by atoms with van der Waals surface area (Å²) in [4.78, 5) is 12.1. The van der Waals surface area contributed by atoms with Gasteiger partial charge >= 0.3 is 0 Å². The summed E-state index contributed by atoms with van der Waals surface area (Å²) >= 11 is 0. The van der Waals surface area contributed by atoms with Crippen molar-refractivity contribution in [2.24, 2.45) is 0 Å². The highest BCUT2D eigenvalue weighted by Gasteiger charge is 2.19. The van der Waals surface area contributed by atoms with E-state index in [2.05, 4.69) is 0 Å². The second kappa shape index (κ2) is 5.13. The van der Waals surface area contributed by atoms with Gasteiger partial charge in [0.05, 0.1) is 10.5 Å². The van der Waals surface area contributed by atoms with E-state index in [1.165, 1.54) is 24.3 Å². The SMILES string of the molecule is CS(=O)(=O)c1ccc(C(=O)c2c(F)cccc2F)cc1. The Hall–Kier alpha value is -2.08. The van der Waals surface area contributed by atoms with Crippen molar-refractivity contribution in [2.75, 3.05) is 6.26 Å². The first kappa shape index (κ1) is 14.3. The van der Waals surface area contributed by atoms with Gasteiger partial charge in [0.1, 0.15) is 11.6 Å². The lowest BCUT2D eigenvalue weighted by molar-refractivity contribution is 0.103. The van der Waals surface area contributed by atoms with Crippen molar-refractivity contribution < 1.29 is 22.0 Å². The Morgan fingerprint density at radius 1 is 0.950 bits per heavy atom. The molecule has 0 aliphatic heterocycles. The average molecular weight is 296 g/mol. The molecule has 6 heteroatoms. The van der Waals surface area contributed by atoms with Crippen molar-refractivity contribution in [2.45, 2.75) is 4.90 Å². The Labute approximate surface area is 114 Å². The predicted octanol–water partition coefficient (Wildman–Crippen LogP) is 2.60. The van der Waals surface area contributed by atoms with Crippen LogP contribution >= 0.6 is 0 Å². The summed E-state index contributed by atoms with van der Waals surface area (Å²) in [6, 6.07) is 8.04. The van der Waals surface area contributed by atoms with Gasteiger partial charge in [-0.25, -0.2) is 17.2 Å². The molecule has 0 unspecified atom stereocenters. The van der Waals surface area contributed by atoms with Crippen LogP contribution in [0, 0.1) is 11.6 Å². The van der Waals surface area contributed by atoms with Crippen molar-refractivity contribution in [3.05, 3.63) is 65.2 Å². The smallest absolute Gasteiger partial charge is 0.198 e. The van der Waals surface area contributed by atoms with Gasteiger partial charge in [-0.15, -0.1) is 0 Å². The molecule has 0 atom stereocenters. The lowest BCUT2D eigenvalue weighted by Gasteiger charge is -2.05. The molecule has 0 N–H and O–H groups in total. The number of benzene rings is 2. The first-order valence-corrected chi connectivity index (χ1v) is 7.48. The molecule has 0 fully saturated rings. The zero-order valence-corrected chi connectivity index (χ0v) is 11.2. The Morgan fingerprint density at radius 2 is 1.45 bits per heavy atom.